The highest BCUT2D eigenvalue weighted by Crippen LogP contribution is 2.29. The van der Waals surface area contributed by atoms with Gasteiger partial charge in [-0.05, 0) is 42.8 Å². The van der Waals surface area contributed by atoms with Crippen molar-refractivity contribution in [1.29, 1.82) is 0 Å². The van der Waals surface area contributed by atoms with Crippen LogP contribution in [-0.4, -0.2) is 26.0 Å². The largest absolute Gasteiger partial charge is 0.432 e. The van der Waals surface area contributed by atoms with Crippen LogP contribution in [0.2, 0.25) is 0 Å². The first kappa shape index (κ1) is 15.6. The first-order chi connectivity index (χ1) is 10.1. The molecular formula is C14H13NO4S2. The van der Waals surface area contributed by atoms with Gasteiger partial charge in [0.05, 0.1) is 0 Å². The average Bonchev–Trinajstić information content (AvgIpc) is 2.87. The van der Waals surface area contributed by atoms with E-state index in [9.17, 15) is 9.00 Å². The van der Waals surface area contributed by atoms with Crippen molar-refractivity contribution < 1.29 is 18.3 Å². The number of hydrogen-bond donors (Lipinski definition) is 1. The average molecular weight is 323 g/mol. The Labute approximate surface area is 128 Å². The monoisotopic (exact) mass is 323 g/mol. The van der Waals surface area contributed by atoms with E-state index in [1.54, 1.807) is 12.3 Å². The number of pyridine rings is 1. The van der Waals surface area contributed by atoms with E-state index < -0.39 is 11.1 Å². The van der Waals surface area contributed by atoms with Crippen LogP contribution in [-0.2, 0) is 20.6 Å². The summed E-state index contributed by atoms with van der Waals surface area (Å²) >= 11 is -0.564. The summed E-state index contributed by atoms with van der Waals surface area (Å²) < 4.78 is 24.4. The van der Waals surface area contributed by atoms with Crippen molar-refractivity contribution in [1.82, 2.24) is 4.98 Å². The molecule has 0 saturated heterocycles. The zero-order valence-electron chi connectivity index (χ0n) is 11.2. The standard InChI is InChI=1S/C14H13NO4S2/c1-10-6-11(4-5-15-10)14-3-2-13(20-14)7-12(19-9-16)8-21(17)18/h2-7,9H,8H2,1H3,(H,17,18). The Hall–Kier alpha value is -1.83. The molecule has 0 radical (unpaired) electrons. The van der Waals surface area contributed by atoms with Gasteiger partial charge >= 0.3 is 0 Å². The van der Waals surface area contributed by atoms with E-state index in [1.807, 2.05) is 31.2 Å². The fourth-order valence-electron chi connectivity index (χ4n) is 1.74. The van der Waals surface area contributed by atoms with Crippen molar-refractivity contribution in [3.05, 3.63) is 46.8 Å². The third-order valence-electron chi connectivity index (χ3n) is 2.58. The maximum Gasteiger partial charge on any atom is 0.298 e. The number of aromatic nitrogens is 1. The number of rotatable bonds is 6. The number of carbonyl (C=O) groups is 1. The van der Waals surface area contributed by atoms with Gasteiger partial charge in [-0.3, -0.25) is 9.78 Å². The second kappa shape index (κ2) is 7.26. The lowest BCUT2D eigenvalue weighted by Crippen LogP contribution is -2.01. The molecule has 0 aromatic carbocycles. The van der Waals surface area contributed by atoms with Crippen LogP contribution in [0.5, 0.6) is 0 Å². The minimum absolute atomic E-state index is 0.158. The van der Waals surface area contributed by atoms with Crippen molar-refractivity contribution in [3.63, 3.8) is 0 Å². The molecule has 1 N–H and O–H groups in total. The smallest absolute Gasteiger partial charge is 0.298 e. The summed E-state index contributed by atoms with van der Waals surface area (Å²) in [6, 6.07) is 7.70. The van der Waals surface area contributed by atoms with Gasteiger partial charge in [-0.2, -0.15) is 0 Å². The molecule has 1 atom stereocenters. The molecule has 0 saturated carbocycles. The molecule has 2 heterocycles. The van der Waals surface area contributed by atoms with Gasteiger partial charge in [0, 0.05) is 21.6 Å². The van der Waals surface area contributed by atoms with E-state index >= 15 is 0 Å². The molecule has 7 heteroatoms. The van der Waals surface area contributed by atoms with E-state index in [0.717, 1.165) is 21.0 Å². The predicted octanol–water partition coefficient (Wildman–Crippen LogP) is 2.85. The lowest BCUT2D eigenvalue weighted by atomic mass is 10.2. The van der Waals surface area contributed by atoms with Crippen LogP contribution in [0, 0.1) is 6.92 Å². The third-order valence-corrected chi connectivity index (χ3v) is 4.19. The van der Waals surface area contributed by atoms with E-state index in [2.05, 4.69) is 4.98 Å². The number of thiophene rings is 1. The highest BCUT2D eigenvalue weighted by molar-refractivity contribution is 7.79. The molecule has 1 unspecified atom stereocenters. The van der Waals surface area contributed by atoms with Crippen LogP contribution in [0.1, 0.15) is 10.6 Å². The van der Waals surface area contributed by atoms with Crippen LogP contribution in [0.4, 0.5) is 0 Å². The first-order valence-electron chi connectivity index (χ1n) is 5.99. The summed E-state index contributed by atoms with van der Waals surface area (Å²) in [6.45, 7) is 2.17. The Morgan fingerprint density at radius 2 is 2.29 bits per heavy atom. The molecule has 0 aliphatic rings. The van der Waals surface area contributed by atoms with Crippen LogP contribution in [0.25, 0.3) is 16.5 Å². The SMILES string of the molecule is Cc1cc(-c2ccc(C=C(CS(=O)O)OC=O)s2)ccn1. The summed E-state index contributed by atoms with van der Waals surface area (Å²) in [7, 11) is 0. The van der Waals surface area contributed by atoms with Crippen molar-refractivity contribution in [2.45, 2.75) is 6.92 Å². The van der Waals surface area contributed by atoms with E-state index in [1.165, 1.54) is 11.3 Å². The van der Waals surface area contributed by atoms with Crippen LogP contribution >= 0.6 is 11.3 Å². The zero-order chi connectivity index (χ0) is 15.2. The van der Waals surface area contributed by atoms with Crippen LogP contribution in [0.3, 0.4) is 0 Å². The molecular weight excluding hydrogens is 310 g/mol. The number of ether oxygens (including phenoxy) is 1. The number of nitrogens with zero attached hydrogens (tertiary/aromatic N) is 1. The normalized spacial score (nSPS) is 13.0. The second-order valence-electron chi connectivity index (χ2n) is 4.18. The summed E-state index contributed by atoms with van der Waals surface area (Å²) in [5.41, 5.74) is 1.98. The molecule has 0 aliphatic heterocycles. The van der Waals surface area contributed by atoms with E-state index in [-0.39, 0.29) is 18.0 Å². The Bertz CT molecular complexity index is 694. The third kappa shape index (κ3) is 4.59. The Morgan fingerprint density at radius 1 is 1.48 bits per heavy atom. The molecule has 2 aromatic rings. The maximum atomic E-state index is 10.8. The molecule has 21 heavy (non-hydrogen) atoms. The van der Waals surface area contributed by atoms with Crippen molar-refractivity contribution in [2.24, 2.45) is 0 Å². The molecule has 0 spiro atoms. The second-order valence-corrected chi connectivity index (χ2v) is 6.23. The highest BCUT2D eigenvalue weighted by Gasteiger charge is 2.07. The molecule has 5 nitrogen and oxygen atoms in total. The summed E-state index contributed by atoms with van der Waals surface area (Å²) in [5, 5.41) is 0. The number of aryl methyl sites for hydroxylation is 1. The van der Waals surface area contributed by atoms with E-state index in [0.29, 0.717) is 0 Å². The first-order valence-corrected chi connectivity index (χ1v) is 8.09. The summed E-state index contributed by atoms with van der Waals surface area (Å²) in [5.74, 6) is -0.0643. The minimum atomic E-state index is -2.06. The number of hydrogen-bond acceptors (Lipinski definition) is 5. The molecule has 0 amide bonds. The van der Waals surface area contributed by atoms with Gasteiger partial charge < -0.3 is 9.29 Å². The van der Waals surface area contributed by atoms with Gasteiger partial charge in [0.1, 0.15) is 11.5 Å². The van der Waals surface area contributed by atoms with Gasteiger partial charge in [0.25, 0.3) is 6.47 Å². The quantitative estimate of drug-likeness (QED) is 0.502. The lowest BCUT2D eigenvalue weighted by molar-refractivity contribution is -0.124. The zero-order valence-corrected chi connectivity index (χ0v) is 12.8. The molecule has 2 rings (SSSR count). The number of carbonyl (C=O) groups excluding carboxylic acids is 1. The van der Waals surface area contributed by atoms with Crippen LogP contribution < -0.4 is 0 Å². The summed E-state index contributed by atoms with van der Waals surface area (Å²) in [4.78, 5) is 16.4. The van der Waals surface area contributed by atoms with Gasteiger partial charge in [-0.1, -0.05) is 0 Å². The van der Waals surface area contributed by atoms with Crippen molar-refractivity contribution in [2.75, 3.05) is 5.75 Å². The Morgan fingerprint density at radius 3 is 2.95 bits per heavy atom. The highest BCUT2D eigenvalue weighted by atomic mass is 32.2. The molecule has 2 aromatic heterocycles. The molecule has 0 bridgehead atoms. The molecule has 110 valence electrons. The molecule has 0 aliphatic carbocycles. The van der Waals surface area contributed by atoms with Gasteiger partial charge in [0.2, 0.25) is 0 Å². The fourth-order valence-corrected chi connectivity index (χ4v) is 3.09. The predicted molar refractivity (Wildman–Crippen MR) is 83.1 cm³/mol. The Balaban J connectivity index is 2.25. The Kier molecular flexibility index (Phi) is 5.38. The van der Waals surface area contributed by atoms with Gasteiger partial charge in [-0.25, -0.2) is 4.21 Å². The van der Waals surface area contributed by atoms with Crippen molar-refractivity contribution in [3.8, 4) is 10.4 Å². The van der Waals surface area contributed by atoms with Gasteiger partial charge in [-0.15, -0.1) is 11.3 Å². The summed E-state index contributed by atoms with van der Waals surface area (Å²) in [6.07, 6.45) is 3.33. The van der Waals surface area contributed by atoms with Crippen LogP contribution in [0.15, 0.2) is 36.2 Å². The van der Waals surface area contributed by atoms with Gasteiger partial charge in [0.15, 0.2) is 11.1 Å². The minimum Gasteiger partial charge on any atom is -0.432 e. The molecule has 0 fully saturated rings. The lowest BCUT2D eigenvalue weighted by Gasteiger charge is -2.00. The van der Waals surface area contributed by atoms with Crippen molar-refractivity contribution >= 4 is 35.0 Å². The topological polar surface area (TPSA) is 76.5 Å². The van der Waals surface area contributed by atoms with E-state index in [4.69, 9.17) is 9.29 Å². The maximum absolute atomic E-state index is 10.8. The fraction of sp³-hybridized carbons (Fsp3) is 0.143.